The van der Waals surface area contributed by atoms with Crippen LogP contribution in [-0.4, -0.2) is 36.2 Å². The normalized spacial score (nSPS) is 12.9. The van der Waals surface area contributed by atoms with Crippen LogP contribution in [0.5, 0.6) is 0 Å². The van der Waals surface area contributed by atoms with E-state index in [1.165, 1.54) is 0 Å². The smallest absolute Gasteiger partial charge is 0.220 e. The van der Waals surface area contributed by atoms with Gasteiger partial charge >= 0.3 is 0 Å². The zero-order valence-electron chi connectivity index (χ0n) is 9.34. The Balaban J connectivity index is 3.36. The third-order valence-electron chi connectivity index (χ3n) is 1.81. The predicted molar refractivity (Wildman–Crippen MR) is 57.1 cm³/mol. The molecule has 0 bridgehead atoms. The molecule has 0 aliphatic carbocycles. The lowest BCUT2D eigenvalue weighted by atomic mass is 10.2. The summed E-state index contributed by atoms with van der Waals surface area (Å²) in [5.41, 5.74) is 0. The molecule has 0 aromatic carbocycles. The minimum Gasteiger partial charge on any atom is -0.394 e. The van der Waals surface area contributed by atoms with E-state index in [2.05, 4.69) is 24.5 Å². The first kappa shape index (κ1) is 13.4. The van der Waals surface area contributed by atoms with Crippen molar-refractivity contribution in [2.24, 2.45) is 0 Å². The lowest BCUT2D eigenvalue weighted by Gasteiger charge is -2.11. The second-order valence-electron chi connectivity index (χ2n) is 3.86. The van der Waals surface area contributed by atoms with Crippen LogP contribution < -0.4 is 10.6 Å². The first-order valence-corrected chi connectivity index (χ1v) is 5.20. The van der Waals surface area contributed by atoms with Gasteiger partial charge in [0.2, 0.25) is 5.91 Å². The minimum absolute atomic E-state index is 0.00398. The Morgan fingerprint density at radius 1 is 1.36 bits per heavy atom. The number of hydrogen-bond acceptors (Lipinski definition) is 3. The van der Waals surface area contributed by atoms with Crippen molar-refractivity contribution in [2.75, 3.05) is 13.2 Å². The van der Waals surface area contributed by atoms with Crippen LogP contribution in [0.2, 0.25) is 0 Å². The molecule has 1 atom stereocenters. The fourth-order valence-corrected chi connectivity index (χ4v) is 1.03. The third kappa shape index (κ3) is 8.01. The minimum atomic E-state index is -0.138. The van der Waals surface area contributed by atoms with Gasteiger partial charge in [-0.3, -0.25) is 4.79 Å². The van der Waals surface area contributed by atoms with Gasteiger partial charge in [0.15, 0.2) is 0 Å². The number of aliphatic hydroxyl groups excluding tert-OH is 1. The maximum absolute atomic E-state index is 11.2. The summed E-state index contributed by atoms with van der Waals surface area (Å²) in [6.45, 7) is 6.79. The number of aliphatic hydroxyl groups is 1. The van der Waals surface area contributed by atoms with Crippen molar-refractivity contribution in [2.45, 2.75) is 45.7 Å². The lowest BCUT2D eigenvalue weighted by Crippen LogP contribution is -2.35. The molecule has 0 aromatic heterocycles. The van der Waals surface area contributed by atoms with E-state index in [0.29, 0.717) is 12.5 Å². The molecule has 0 aromatic rings. The molecule has 14 heavy (non-hydrogen) atoms. The molecular formula is C10H22N2O2. The highest BCUT2D eigenvalue weighted by Gasteiger charge is 2.05. The molecule has 84 valence electrons. The van der Waals surface area contributed by atoms with E-state index >= 15 is 0 Å². The molecule has 0 saturated heterocycles. The van der Waals surface area contributed by atoms with E-state index in [-0.39, 0.29) is 18.6 Å². The van der Waals surface area contributed by atoms with Crippen LogP contribution in [0.4, 0.5) is 0 Å². The highest BCUT2D eigenvalue weighted by atomic mass is 16.3. The average molecular weight is 202 g/mol. The quantitative estimate of drug-likeness (QED) is 0.519. The largest absolute Gasteiger partial charge is 0.394 e. The molecule has 4 nitrogen and oxygen atoms in total. The fourth-order valence-electron chi connectivity index (χ4n) is 1.03. The van der Waals surface area contributed by atoms with Crippen molar-refractivity contribution in [3.63, 3.8) is 0 Å². The zero-order chi connectivity index (χ0) is 11.0. The number of amides is 1. The van der Waals surface area contributed by atoms with Crippen molar-refractivity contribution in [3.05, 3.63) is 0 Å². The highest BCUT2D eigenvalue weighted by Crippen LogP contribution is 1.90. The number of carbonyl (C=O) groups is 1. The van der Waals surface area contributed by atoms with Gasteiger partial charge in [-0.05, 0) is 19.9 Å². The Hall–Kier alpha value is -0.610. The van der Waals surface area contributed by atoms with Crippen LogP contribution in [0, 0.1) is 0 Å². The van der Waals surface area contributed by atoms with Gasteiger partial charge in [-0.2, -0.15) is 0 Å². The lowest BCUT2D eigenvalue weighted by molar-refractivity contribution is -0.122. The molecule has 1 unspecified atom stereocenters. The Bertz CT molecular complexity index is 160. The van der Waals surface area contributed by atoms with Crippen molar-refractivity contribution >= 4 is 5.91 Å². The molecule has 4 heteroatoms. The number of hydrogen-bond donors (Lipinski definition) is 3. The summed E-state index contributed by atoms with van der Waals surface area (Å²) < 4.78 is 0. The molecule has 0 spiro atoms. The number of carbonyl (C=O) groups excluding carboxylic acids is 1. The number of rotatable bonds is 7. The standard InChI is InChI=1S/C10H22N2O2/c1-8(2)11-6-4-5-10(14)12-9(3)7-13/h8-9,11,13H,4-7H2,1-3H3,(H,12,14). The van der Waals surface area contributed by atoms with Crippen molar-refractivity contribution in [1.82, 2.24) is 10.6 Å². The molecular weight excluding hydrogens is 180 g/mol. The van der Waals surface area contributed by atoms with E-state index < -0.39 is 0 Å². The van der Waals surface area contributed by atoms with E-state index in [9.17, 15) is 4.79 Å². The maximum Gasteiger partial charge on any atom is 0.220 e. The van der Waals surface area contributed by atoms with Crippen molar-refractivity contribution in [1.29, 1.82) is 0 Å². The van der Waals surface area contributed by atoms with E-state index in [1.54, 1.807) is 6.92 Å². The maximum atomic E-state index is 11.2. The second-order valence-corrected chi connectivity index (χ2v) is 3.86. The summed E-state index contributed by atoms with van der Waals surface area (Å²) in [7, 11) is 0. The summed E-state index contributed by atoms with van der Waals surface area (Å²) in [6, 6.07) is 0.329. The Morgan fingerprint density at radius 3 is 2.50 bits per heavy atom. The number of nitrogens with one attached hydrogen (secondary N) is 2. The van der Waals surface area contributed by atoms with Gasteiger partial charge in [0.05, 0.1) is 6.61 Å². The topological polar surface area (TPSA) is 61.4 Å². The molecule has 0 heterocycles. The predicted octanol–water partition coefficient (Wildman–Crippen LogP) is 0.262. The molecule has 0 rings (SSSR count). The van der Waals surface area contributed by atoms with Gasteiger partial charge in [0, 0.05) is 18.5 Å². The third-order valence-corrected chi connectivity index (χ3v) is 1.81. The van der Waals surface area contributed by atoms with Gasteiger partial charge in [0.25, 0.3) is 0 Å². The molecule has 0 saturated carbocycles. The van der Waals surface area contributed by atoms with Crippen LogP contribution >= 0.6 is 0 Å². The van der Waals surface area contributed by atoms with Crippen LogP contribution in [0.15, 0.2) is 0 Å². The van der Waals surface area contributed by atoms with Crippen LogP contribution in [0.25, 0.3) is 0 Å². The van der Waals surface area contributed by atoms with Gasteiger partial charge in [-0.15, -0.1) is 0 Å². The van der Waals surface area contributed by atoms with Crippen LogP contribution in [-0.2, 0) is 4.79 Å². The molecule has 0 aliphatic heterocycles. The summed E-state index contributed by atoms with van der Waals surface area (Å²) >= 11 is 0. The fraction of sp³-hybridized carbons (Fsp3) is 0.900. The van der Waals surface area contributed by atoms with Gasteiger partial charge in [-0.25, -0.2) is 0 Å². The molecule has 3 N–H and O–H groups in total. The Kier molecular flexibility index (Phi) is 7.42. The monoisotopic (exact) mass is 202 g/mol. The van der Waals surface area contributed by atoms with E-state index in [0.717, 1.165) is 13.0 Å². The van der Waals surface area contributed by atoms with Crippen molar-refractivity contribution in [3.8, 4) is 0 Å². The van der Waals surface area contributed by atoms with Gasteiger partial charge < -0.3 is 15.7 Å². The van der Waals surface area contributed by atoms with Gasteiger partial charge in [-0.1, -0.05) is 13.8 Å². The van der Waals surface area contributed by atoms with Crippen LogP contribution in [0.1, 0.15) is 33.6 Å². The SMILES string of the molecule is CC(C)NCCCC(=O)NC(C)CO. The first-order chi connectivity index (χ1) is 6.56. The van der Waals surface area contributed by atoms with Crippen molar-refractivity contribution < 1.29 is 9.90 Å². The first-order valence-electron chi connectivity index (χ1n) is 5.20. The van der Waals surface area contributed by atoms with E-state index in [4.69, 9.17) is 5.11 Å². The molecule has 1 amide bonds. The summed E-state index contributed by atoms with van der Waals surface area (Å²) in [5, 5.41) is 14.6. The summed E-state index contributed by atoms with van der Waals surface area (Å²) in [5.74, 6) is 0.0112. The Morgan fingerprint density at radius 2 is 2.00 bits per heavy atom. The summed E-state index contributed by atoms with van der Waals surface area (Å²) in [4.78, 5) is 11.2. The molecule has 0 aliphatic rings. The zero-order valence-corrected chi connectivity index (χ0v) is 9.34. The van der Waals surface area contributed by atoms with E-state index in [1.807, 2.05) is 0 Å². The highest BCUT2D eigenvalue weighted by molar-refractivity contribution is 5.76. The molecule has 0 fully saturated rings. The van der Waals surface area contributed by atoms with Crippen LogP contribution in [0.3, 0.4) is 0 Å². The molecule has 0 radical (unpaired) electrons. The second kappa shape index (κ2) is 7.76. The van der Waals surface area contributed by atoms with Gasteiger partial charge in [0.1, 0.15) is 0 Å². The Labute approximate surface area is 86.1 Å². The summed E-state index contributed by atoms with van der Waals surface area (Å²) in [6.07, 6.45) is 1.35. The average Bonchev–Trinajstić information content (AvgIpc) is 2.12.